The molecule has 0 saturated carbocycles. The first-order chi connectivity index (χ1) is 10.1. The monoisotopic (exact) mass is 282 g/mol. The molecule has 0 saturated heterocycles. The Morgan fingerprint density at radius 2 is 2.00 bits per heavy atom. The molecule has 0 aliphatic rings. The van der Waals surface area contributed by atoms with Crippen LogP contribution in [0.2, 0.25) is 0 Å². The number of rotatable bonds is 4. The third-order valence-electron chi connectivity index (χ3n) is 3.34. The number of nitro benzene ring substituents is 1. The summed E-state index contributed by atoms with van der Waals surface area (Å²) >= 11 is 0. The van der Waals surface area contributed by atoms with Gasteiger partial charge in [0.05, 0.1) is 11.5 Å². The Kier molecular flexibility index (Phi) is 3.31. The molecule has 0 amide bonds. The summed E-state index contributed by atoms with van der Waals surface area (Å²) in [5, 5.41) is 15.1. The lowest BCUT2D eigenvalue weighted by atomic mass is 10.2. The molecule has 5 nitrogen and oxygen atoms in total. The number of benzene rings is 2. The van der Waals surface area contributed by atoms with E-state index in [0.29, 0.717) is 12.1 Å². The van der Waals surface area contributed by atoms with Crippen LogP contribution >= 0.6 is 0 Å². The summed E-state index contributed by atoms with van der Waals surface area (Å²) in [4.78, 5) is 10.4. The minimum absolute atomic E-state index is 0.129. The standard InChI is InChI=1S/C16H14N2O3/c1-11-8-13(6-7-15(11)18(19)20)17-10-14-9-12-4-2-3-5-16(12)21-14/h2-9,17H,10H2,1H3. The number of aryl methyl sites for hydroxylation is 1. The van der Waals surface area contributed by atoms with Gasteiger partial charge in [-0.1, -0.05) is 18.2 Å². The Balaban J connectivity index is 1.75. The van der Waals surface area contributed by atoms with Crippen LogP contribution in [0.4, 0.5) is 11.4 Å². The van der Waals surface area contributed by atoms with Gasteiger partial charge >= 0.3 is 0 Å². The van der Waals surface area contributed by atoms with Crippen LogP contribution in [0.3, 0.4) is 0 Å². The highest BCUT2D eigenvalue weighted by atomic mass is 16.6. The van der Waals surface area contributed by atoms with Crippen molar-refractivity contribution in [1.82, 2.24) is 0 Å². The van der Waals surface area contributed by atoms with Crippen LogP contribution in [0.25, 0.3) is 11.0 Å². The number of hydrogen-bond donors (Lipinski definition) is 1. The SMILES string of the molecule is Cc1cc(NCc2cc3ccccc3o2)ccc1[N+](=O)[O-]. The molecule has 1 aromatic heterocycles. The molecule has 106 valence electrons. The second-order valence-electron chi connectivity index (χ2n) is 4.86. The van der Waals surface area contributed by atoms with Gasteiger partial charge in [0.25, 0.3) is 5.69 Å². The average molecular weight is 282 g/mol. The second-order valence-corrected chi connectivity index (χ2v) is 4.86. The molecule has 0 bridgehead atoms. The van der Waals surface area contributed by atoms with Gasteiger partial charge in [-0.25, -0.2) is 0 Å². The second kappa shape index (κ2) is 5.28. The number of nitrogens with one attached hydrogen (secondary N) is 1. The van der Waals surface area contributed by atoms with E-state index in [9.17, 15) is 10.1 Å². The molecule has 1 heterocycles. The van der Waals surface area contributed by atoms with Crippen LogP contribution in [0, 0.1) is 17.0 Å². The summed E-state index contributed by atoms with van der Waals surface area (Å²) in [5.41, 5.74) is 2.45. The highest BCUT2D eigenvalue weighted by molar-refractivity contribution is 5.77. The summed E-state index contributed by atoms with van der Waals surface area (Å²) in [5.74, 6) is 0.826. The van der Waals surface area contributed by atoms with E-state index in [1.54, 1.807) is 19.1 Å². The van der Waals surface area contributed by atoms with Gasteiger partial charge in [-0.15, -0.1) is 0 Å². The van der Waals surface area contributed by atoms with E-state index >= 15 is 0 Å². The van der Waals surface area contributed by atoms with Crippen molar-refractivity contribution in [3.05, 3.63) is 70.0 Å². The van der Waals surface area contributed by atoms with Crippen molar-refractivity contribution in [3.63, 3.8) is 0 Å². The fraction of sp³-hybridized carbons (Fsp3) is 0.125. The number of hydrogen-bond acceptors (Lipinski definition) is 4. The van der Waals surface area contributed by atoms with Crippen molar-refractivity contribution in [2.45, 2.75) is 13.5 Å². The molecule has 0 fully saturated rings. The van der Waals surface area contributed by atoms with Gasteiger partial charge in [0.1, 0.15) is 11.3 Å². The molecule has 21 heavy (non-hydrogen) atoms. The molecule has 0 aliphatic carbocycles. The van der Waals surface area contributed by atoms with Gasteiger partial charge in [-0.3, -0.25) is 10.1 Å². The molecular weight excluding hydrogens is 268 g/mol. The third kappa shape index (κ3) is 2.72. The van der Waals surface area contributed by atoms with Crippen LogP contribution < -0.4 is 5.32 Å². The van der Waals surface area contributed by atoms with E-state index < -0.39 is 0 Å². The van der Waals surface area contributed by atoms with Crippen molar-refractivity contribution in [1.29, 1.82) is 0 Å². The zero-order chi connectivity index (χ0) is 14.8. The molecule has 3 aromatic rings. The van der Waals surface area contributed by atoms with Crippen LogP contribution in [-0.2, 0) is 6.54 Å². The molecule has 0 spiro atoms. The van der Waals surface area contributed by atoms with Crippen LogP contribution in [0.5, 0.6) is 0 Å². The number of para-hydroxylation sites is 1. The molecule has 1 N–H and O–H groups in total. The highest BCUT2D eigenvalue weighted by Gasteiger charge is 2.10. The van der Waals surface area contributed by atoms with E-state index in [0.717, 1.165) is 22.4 Å². The molecular formula is C16H14N2O3. The fourth-order valence-corrected chi connectivity index (χ4v) is 2.28. The fourth-order valence-electron chi connectivity index (χ4n) is 2.28. The molecule has 2 aromatic carbocycles. The quantitative estimate of drug-likeness (QED) is 0.573. The average Bonchev–Trinajstić information content (AvgIpc) is 2.87. The van der Waals surface area contributed by atoms with Crippen LogP contribution in [0.15, 0.2) is 52.9 Å². The summed E-state index contributed by atoms with van der Waals surface area (Å²) in [6.45, 7) is 2.26. The molecule has 0 radical (unpaired) electrons. The molecule has 0 atom stereocenters. The first kappa shape index (κ1) is 13.2. The van der Waals surface area contributed by atoms with Gasteiger partial charge in [0, 0.05) is 22.7 Å². The van der Waals surface area contributed by atoms with Crippen molar-refractivity contribution in [3.8, 4) is 0 Å². The van der Waals surface area contributed by atoms with E-state index in [1.807, 2.05) is 30.3 Å². The summed E-state index contributed by atoms with van der Waals surface area (Å²) in [6.07, 6.45) is 0. The lowest BCUT2D eigenvalue weighted by Gasteiger charge is -2.05. The summed E-state index contributed by atoms with van der Waals surface area (Å²) in [6, 6.07) is 14.8. The number of fused-ring (bicyclic) bond motifs is 1. The Bertz CT molecular complexity index is 775. The maximum atomic E-state index is 10.8. The molecule has 5 heteroatoms. The zero-order valence-corrected chi connectivity index (χ0v) is 11.5. The topological polar surface area (TPSA) is 68.3 Å². The van der Waals surface area contributed by atoms with Crippen LogP contribution in [-0.4, -0.2) is 4.92 Å². The Labute approximate surface area is 121 Å². The highest BCUT2D eigenvalue weighted by Crippen LogP contribution is 2.23. The molecule has 3 rings (SSSR count). The van der Waals surface area contributed by atoms with Crippen molar-refractivity contribution < 1.29 is 9.34 Å². The lowest BCUT2D eigenvalue weighted by molar-refractivity contribution is -0.385. The van der Waals surface area contributed by atoms with Gasteiger partial charge in [0.15, 0.2) is 0 Å². The zero-order valence-electron chi connectivity index (χ0n) is 11.5. The maximum Gasteiger partial charge on any atom is 0.272 e. The van der Waals surface area contributed by atoms with Gasteiger partial charge < -0.3 is 9.73 Å². The number of nitro groups is 1. The molecule has 0 unspecified atom stereocenters. The van der Waals surface area contributed by atoms with Gasteiger partial charge in [-0.2, -0.15) is 0 Å². The lowest BCUT2D eigenvalue weighted by Crippen LogP contribution is -1.99. The third-order valence-corrected chi connectivity index (χ3v) is 3.34. The first-order valence-electron chi connectivity index (χ1n) is 6.60. The Morgan fingerprint density at radius 3 is 2.71 bits per heavy atom. The largest absolute Gasteiger partial charge is 0.459 e. The first-order valence-corrected chi connectivity index (χ1v) is 6.60. The minimum Gasteiger partial charge on any atom is -0.459 e. The van der Waals surface area contributed by atoms with E-state index in [1.165, 1.54) is 6.07 Å². The predicted octanol–water partition coefficient (Wildman–Crippen LogP) is 4.26. The van der Waals surface area contributed by atoms with E-state index in [-0.39, 0.29) is 10.6 Å². The Morgan fingerprint density at radius 1 is 1.19 bits per heavy atom. The van der Waals surface area contributed by atoms with E-state index in [4.69, 9.17) is 4.42 Å². The normalized spacial score (nSPS) is 10.7. The van der Waals surface area contributed by atoms with Gasteiger partial charge in [-0.05, 0) is 31.2 Å². The smallest absolute Gasteiger partial charge is 0.272 e. The van der Waals surface area contributed by atoms with Gasteiger partial charge in [0.2, 0.25) is 0 Å². The summed E-state index contributed by atoms with van der Waals surface area (Å²) < 4.78 is 5.71. The van der Waals surface area contributed by atoms with Crippen molar-refractivity contribution in [2.24, 2.45) is 0 Å². The maximum absolute atomic E-state index is 10.8. The predicted molar refractivity (Wildman–Crippen MR) is 81.4 cm³/mol. The Hall–Kier alpha value is -2.82. The number of anilines is 1. The van der Waals surface area contributed by atoms with Crippen LogP contribution in [0.1, 0.15) is 11.3 Å². The summed E-state index contributed by atoms with van der Waals surface area (Å²) in [7, 11) is 0. The van der Waals surface area contributed by atoms with Crippen molar-refractivity contribution >= 4 is 22.3 Å². The van der Waals surface area contributed by atoms with E-state index in [2.05, 4.69) is 5.32 Å². The molecule has 0 aliphatic heterocycles. The number of furan rings is 1. The minimum atomic E-state index is -0.377. The number of nitrogens with zero attached hydrogens (tertiary/aromatic N) is 1. The van der Waals surface area contributed by atoms with Crippen molar-refractivity contribution in [2.75, 3.05) is 5.32 Å².